The minimum absolute atomic E-state index is 0.164. The molecule has 1 aromatic heterocycles. The normalized spacial score (nSPS) is 35.2. The van der Waals surface area contributed by atoms with E-state index in [-0.39, 0.29) is 5.91 Å². The number of nitrogens with one attached hydrogen (secondary N) is 1. The highest BCUT2D eigenvalue weighted by molar-refractivity contribution is 8.15. The number of amides is 1. The average Bonchev–Trinajstić information content (AvgIpc) is 3.24. The average molecular weight is 326 g/mol. The predicted molar refractivity (Wildman–Crippen MR) is 88.7 cm³/mol. The van der Waals surface area contributed by atoms with E-state index in [1.54, 1.807) is 18.3 Å². The first kappa shape index (κ1) is 14.7. The number of carbonyl (C=O) groups excluding carboxylic acids is 1. The summed E-state index contributed by atoms with van der Waals surface area (Å²) < 4.78 is -0.769. The Labute approximate surface area is 139 Å². The van der Waals surface area contributed by atoms with E-state index in [2.05, 4.69) is 15.3 Å². The van der Waals surface area contributed by atoms with Crippen LogP contribution in [-0.4, -0.2) is 22.1 Å². The van der Waals surface area contributed by atoms with E-state index in [0.717, 1.165) is 22.6 Å². The van der Waals surface area contributed by atoms with Gasteiger partial charge in [-0.1, -0.05) is 18.2 Å². The maximum absolute atomic E-state index is 12.5. The van der Waals surface area contributed by atoms with E-state index >= 15 is 0 Å². The summed E-state index contributed by atoms with van der Waals surface area (Å²) in [5, 5.41) is 13.2. The fourth-order valence-electron chi connectivity index (χ4n) is 4.07. The summed E-state index contributed by atoms with van der Waals surface area (Å²) in [4.78, 5) is 20.7. The van der Waals surface area contributed by atoms with Crippen LogP contribution in [0, 0.1) is 23.2 Å². The Morgan fingerprint density at radius 2 is 2.30 bits per heavy atom. The number of hydrogen-bond acceptors (Lipinski definition) is 5. The maximum Gasteiger partial charge on any atom is 0.268 e. The number of thioether (sulfide) groups is 1. The molecule has 23 heavy (non-hydrogen) atoms. The standard InChI is InChI=1S/C17H18N4OS/c1-17(12-4-5-19-13(8-12)9-18)15(22)21-16(23-17)20-14-7-10-2-3-11(14)6-10/h4-5,8,10-11,14H,2-3,6-7H2,1H3,(H,20,21,22). The maximum atomic E-state index is 12.5. The van der Waals surface area contributed by atoms with Crippen molar-refractivity contribution in [1.29, 1.82) is 5.26 Å². The van der Waals surface area contributed by atoms with Crippen molar-refractivity contribution >= 4 is 22.8 Å². The molecule has 0 spiro atoms. The molecule has 2 saturated carbocycles. The highest BCUT2D eigenvalue weighted by atomic mass is 32.2. The molecule has 2 fully saturated rings. The van der Waals surface area contributed by atoms with Crippen LogP contribution in [0.4, 0.5) is 0 Å². The van der Waals surface area contributed by atoms with Gasteiger partial charge in [0.05, 0.1) is 0 Å². The second-order valence-electron chi connectivity index (χ2n) is 6.82. The molecule has 1 aromatic rings. The molecule has 118 valence electrons. The number of carbonyl (C=O) groups is 1. The minimum atomic E-state index is -0.769. The lowest BCUT2D eigenvalue weighted by molar-refractivity contribution is -0.119. The topological polar surface area (TPSA) is 78.1 Å². The van der Waals surface area contributed by atoms with Crippen LogP contribution in [0.25, 0.3) is 0 Å². The number of nitrogens with zero attached hydrogens (tertiary/aromatic N) is 3. The Balaban J connectivity index is 1.52. The molecule has 5 nitrogen and oxygen atoms in total. The van der Waals surface area contributed by atoms with Gasteiger partial charge in [0.1, 0.15) is 16.5 Å². The molecule has 4 rings (SSSR count). The summed E-state index contributed by atoms with van der Waals surface area (Å²) in [6, 6.07) is 5.96. The first-order valence-electron chi connectivity index (χ1n) is 8.04. The molecule has 6 heteroatoms. The first-order chi connectivity index (χ1) is 11.1. The summed E-state index contributed by atoms with van der Waals surface area (Å²) in [7, 11) is 0. The summed E-state index contributed by atoms with van der Waals surface area (Å²) in [5.41, 5.74) is 1.11. The smallest absolute Gasteiger partial charge is 0.268 e. The molecule has 0 aromatic carbocycles. The zero-order valence-corrected chi connectivity index (χ0v) is 13.8. The lowest BCUT2D eigenvalue weighted by Crippen LogP contribution is -2.37. The number of fused-ring (bicyclic) bond motifs is 2. The lowest BCUT2D eigenvalue weighted by Gasteiger charge is -2.25. The van der Waals surface area contributed by atoms with Gasteiger partial charge in [0.25, 0.3) is 5.91 Å². The highest BCUT2D eigenvalue weighted by Crippen LogP contribution is 2.46. The molecule has 2 bridgehead atoms. The van der Waals surface area contributed by atoms with Crippen LogP contribution < -0.4 is 5.32 Å². The van der Waals surface area contributed by atoms with Crippen LogP contribution in [0.1, 0.15) is 43.9 Å². The third-order valence-corrected chi connectivity index (χ3v) is 6.61. The third-order valence-electron chi connectivity index (χ3n) is 5.38. The predicted octanol–water partition coefficient (Wildman–Crippen LogP) is 2.58. The number of hydrogen-bond donors (Lipinski definition) is 1. The van der Waals surface area contributed by atoms with Gasteiger partial charge >= 0.3 is 0 Å². The van der Waals surface area contributed by atoms with Crippen LogP contribution in [0.5, 0.6) is 0 Å². The minimum Gasteiger partial charge on any atom is -0.361 e. The molecular formula is C17H18N4OS. The second-order valence-corrected chi connectivity index (χ2v) is 8.23. The Bertz CT molecular complexity index is 740. The highest BCUT2D eigenvalue weighted by Gasteiger charge is 2.45. The van der Waals surface area contributed by atoms with Crippen LogP contribution in [0.3, 0.4) is 0 Å². The van der Waals surface area contributed by atoms with Crippen molar-refractivity contribution in [2.45, 2.75) is 43.4 Å². The SMILES string of the molecule is CC1(c2ccnc(C#N)c2)SC(NC2CC3CCC2C3)=NC1=O. The van der Waals surface area contributed by atoms with Gasteiger partial charge in [-0.25, -0.2) is 4.98 Å². The van der Waals surface area contributed by atoms with Crippen LogP contribution in [0.2, 0.25) is 0 Å². The fourth-order valence-corrected chi connectivity index (χ4v) is 5.17. The fraction of sp³-hybridized carbons (Fsp3) is 0.529. The van der Waals surface area contributed by atoms with Gasteiger partial charge in [-0.2, -0.15) is 10.3 Å². The van der Waals surface area contributed by atoms with E-state index < -0.39 is 4.75 Å². The molecule has 1 aliphatic heterocycles. The zero-order chi connectivity index (χ0) is 16.0. The number of aromatic nitrogens is 1. The molecule has 1 N–H and O–H groups in total. The zero-order valence-electron chi connectivity index (χ0n) is 13.0. The lowest BCUT2D eigenvalue weighted by atomic mass is 9.96. The summed E-state index contributed by atoms with van der Waals surface area (Å²) in [5.74, 6) is 1.42. The van der Waals surface area contributed by atoms with E-state index in [4.69, 9.17) is 5.26 Å². The van der Waals surface area contributed by atoms with Gasteiger partial charge in [-0.15, -0.1) is 0 Å². The molecule has 2 heterocycles. The molecule has 4 atom stereocenters. The van der Waals surface area contributed by atoms with Gasteiger partial charge < -0.3 is 5.32 Å². The first-order valence-corrected chi connectivity index (χ1v) is 8.85. The van der Waals surface area contributed by atoms with Crippen LogP contribution in [0.15, 0.2) is 23.3 Å². The third kappa shape index (κ3) is 2.43. The van der Waals surface area contributed by atoms with Gasteiger partial charge in [0.2, 0.25) is 0 Å². The molecular weight excluding hydrogens is 308 g/mol. The molecule has 1 amide bonds. The van der Waals surface area contributed by atoms with Crippen molar-refractivity contribution in [3.05, 3.63) is 29.6 Å². The van der Waals surface area contributed by atoms with Crippen molar-refractivity contribution in [2.24, 2.45) is 16.8 Å². The number of aliphatic imine (C=N–C) groups is 1. The largest absolute Gasteiger partial charge is 0.361 e. The van der Waals surface area contributed by atoms with Gasteiger partial charge in [-0.3, -0.25) is 4.79 Å². The van der Waals surface area contributed by atoms with Crippen molar-refractivity contribution < 1.29 is 4.79 Å². The summed E-state index contributed by atoms with van der Waals surface area (Å²) in [6.45, 7) is 1.87. The van der Waals surface area contributed by atoms with Crippen molar-refractivity contribution in [2.75, 3.05) is 0 Å². The quantitative estimate of drug-likeness (QED) is 0.904. The van der Waals surface area contributed by atoms with Crippen molar-refractivity contribution in [3.8, 4) is 6.07 Å². The number of nitriles is 1. The van der Waals surface area contributed by atoms with Gasteiger partial charge in [-0.05, 0) is 55.7 Å². The Morgan fingerprint density at radius 3 is 3.00 bits per heavy atom. The van der Waals surface area contributed by atoms with Gasteiger partial charge in [0, 0.05) is 12.2 Å². The summed E-state index contributed by atoms with van der Waals surface area (Å²) in [6.07, 6.45) is 6.74. The van der Waals surface area contributed by atoms with E-state index in [9.17, 15) is 4.79 Å². The van der Waals surface area contributed by atoms with Crippen LogP contribution >= 0.6 is 11.8 Å². The van der Waals surface area contributed by atoms with Crippen molar-refractivity contribution in [1.82, 2.24) is 10.3 Å². The van der Waals surface area contributed by atoms with E-state index in [0.29, 0.717) is 11.7 Å². The Morgan fingerprint density at radius 1 is 1.43 bits per heavy atom. The summed E-state index contributed by atoms with van der Waals surface area (Å²) >= 11 is 1.46. The molecule has 2 aliphatic carbocycles. The second kappa shape index (κ2) is 5.34. The van der Waals surface area contributed by atoms with Crippen LogP contribution in [-0.2, 0) is 9.54 Å². The molecule has 4 unspecified atom stereocenters. The molecule has 0 radical (unpaired) electrons. The van der Waals surface area contributed by atoms with E-state index in [1.165, 1.54) is 37.4 Å². The monoisotopic (exact) mass is 326 g/mol. The molecule has 0 saturated heterocycles. The number of rotatable bonds is 2. The van der Waals surface area contributed by atoms with Gasteiger partial charge in [0.15, 0.2) is 5.17 Å². The Hall–Kier alpha value is -1.87. The Kier molecular flexibility index (Phi) is 3.42. The molecule has 3 aliphatic rings. The number of amidine groups is 1. The van der Waals surface area contributed by atoms with E-state index in [1.807, 2.05) is 13.0 Å². The van der Waals surface area contributed by atoms with Crippen molar-refractivity contribution in [3.63, 3.8) is 0 Å². The number of pyridine rings is 1.